The fourth-order valence-electron chi connectivity index (χ4n) is 2.27. The molecule has 1 atom stereocenters. The number of hydrogen-bond donors (Lipinski definition) is 2. The number of ether oxygens (including phenoxy) is 1. The van der Waals surface area contributed by atoms with Gasteiger partial charge < -0.3 is 9.94 Å². The molecular formula is C16H12BrNO4. The first-order valence-electron chi connectivity index (χ1n) is 6.55. The maximum atomic E-state index is 12.5. The van der Waals surface area contributed by atoms with Crippen molar-refractivity contribution in [2.75, 3.05) is 6.61 Å². The lowest BCUT2D eigenvalue weighted by Crippen LogP contribution is -2.99. The molecule has 2 N–H and O–H groups in total. The van der Waals surface area contributed by atoms with Gasteiger partial charge in [-0.1, -0.05) is 28.1 Å². The Hall–Kier alpha value is -1.99. The third kappa shape index (κ3) is 2.95. The van der Waals surface area contributed by atoms with E-state index in [9.17, 15) is 10.0 Å². The summed E-state index contributed by atoms with van der Waals surface area (Å²) >= 11 is 3.34. The molecule has 3 rings (SSSR count). The molecule has 0 aliphatic carbocycles. The van der Waals surface area contributed by atoms with Gasteiger partial charge >= 0.3 is 0 Å². The molecule has 1 unspecified atom stereocenters. The van der Waals surface area contributed by atoms with Crippen LogP contribution in [-0.4, -0.2) is 17.6 Å². The fourth-order valence-corrected chi connectivity index (χ4v) is 2.63. The zero-order chi connectivity index (χ0) is 15.7. The molecule has 0 saturated heterocycles. The molecule has 0 aromatic heterocycles. The van der Waals surface area contributed by atoms with E-state index in [0.29, 0.717) is 22.4 Å². The minimum absolute atomic E-state index is 0.108. The van der Waals surface area contributed by atoms with Gasteiger partial charge in [-0.2, -0.15) is 5.23 Å². The highest BCUT2D eigenvalue weighted by Crippen LogP contribution is 2.30. The minimum atomic E-state index is -0.999. The van der Waals surface area contributed by atoms with E-state index in [1.807, 2.05) is 6.07 Å². The quantitative estimate of drug-likeness (QED) is 0.636. The van der Waals surface area contributed by atoms with Crippen LogP contribution in [0.3, 0.4) is 0 Å². The number of carbonyl (C=O) groups is 1. The van der Waals surface area contributed by atoms with Gasteiger partial charge in [0.1, 0.15) is 12.4 Å². The van der Waals surface area contributed by atoms with Crippen molar-refractivity contribution in [1.82, 2.24) is 0 Å². The van der Waals surface area contributed by atoms with Crippen molar-refractivity contribution in [3.63, 3.8) is 0 Å². The Balaban J connectivity index is 1.96. The van der Waals surface area contributed by atoms with Crippen LogP contribution in [0.25, 0.3) is 6.08 Å². The molecule has 0 radical (unpaired) electrons. The fraction of sp³-hybridized carbons (Fsp3) is 0.0625. The van der Waals surface area contributed by atoms with Gasteiger partial charge in [-0.25, -0.2) is 5.21 Å². The molecule has 5 nitrogen and oxygen atoms in total. The number of ketones is 1. The van der Waals surface area contributed by atoms with Gasteiger partial charge in [0.2, 0.25) is 0 Å². The highest BCUT2D eigenvalue weighted by Gasteiger charge is 2.23. The summed E-state index contributed by atoms with van der Waals surface area (Å²) in [6, 6.07) is 11.7. The van der Waals surface area contributed by atoms with Crippen LogP contribution in [-0.2, 0) is 0 Å². The lowest BCUT2D eigenvalue weighted by atomic mass is 9.98. The maximum Gasteiger partial charge on any atom is 0.196 e. The van der Waals surface area contributed by atoms with Crippen LogP contribution in [0.1, 0.15) is 15.9 Å². The first-order chi connectivity index (χ1) is 10.5. The molecule has 22 heavy (non-hydrogen) atoms. The van der Waals surface area contributed by atoms with Crippen molar-refractivity contribution in [3.05, 3.63) is 68.8 Å². The predicted octanol–water partition coefficient (Wildman–Crippen LogP) is 2.51. The number of halogens is 1. The van der Waals surface area contributed by atoms with E-state index >= 15 is 0 Å². The van der Waals surface area contributed by atoms with E-state index in [-0.39, 0.29) is 18.1 Å². The maximum absolute atomic E-state index is 12.5. The molecule has 1 aliphatic heterocycles. The first-order valence-corrected chi connectivity index (χ1v) is 7.35. The van der Waals surface area contributed by atoms with Gasteiger partial charge in [0.15, 0.2) is 11.5 Å². The number of rotatable bonds is 2. The molecule has 0 amide bonds. The van der Waals surface area contributed by atoms with Crippen LogP contribution in [0.2, 0.25) is 0 Å². The largest absolute Gasteiger partial charge is 0.595 e. The van der Waals surface area contributed by atoms with Crippen LogP contribution >= 0.6 is 15.9 Å². The van der Waals surface area contributed by atoms with Gasteiger partial charge in [0, 0.05) is 22.2 Å². The van der Waals surface area contributed by atoms with Gasteiger partial charge in [-0.3, -0.25) is 4.79 Å². The molecule has 2 aromatic rings. The highest BCUT2D eigenvalue weighted by molar-refractivity contribution is 9.10. The van der Waals surface area contributed by atoms with Crippen LogP contribution in [0, 0.1) is 5.21 Å². The Morgan fingerprint density at radius 2 is 2.09 bits per heavy atom. The van der Waals surface area contributed by atoms with Gasteiger partial charge in [-0.05, 0) is 29.8 Å². The minimum Gasteiger partial charge on any atom is -0.595 e. The molecule has 6 heteroatoms. The molecule has 2 aromatic carbocycles. The van der Waals surface area contributed by atoms with E-state index < -0.39 is 5.23 Å². The summed E-state index contributed by atoms with van der Waals surface area (Å²) in [5.41, 5.74) is 1.83. The molecule has 1 aliphatic rings. The van der Waals surface area contributed by atoms with Crippen molar-refractivity contribution in [1.29, 1.82) is 0 Å². The first kappa shape index (κ1) is 14.9. The molecule has 0 fully saturated rings. The van der Waals surface area contributed by atoms with E-state index in [0.717, 1.165) is 4.47 Å². The summed E-state index contributed by atoms with van der Waals surface area (Å²) in [6.45, 7) is 0.171. The molecule has 0 spiro atoms. The van der Waals surface area contributed by atoms with Crippen molar-refractivity contribution >= 4 is 33.5 Å². The Morgan fingerprint density at radius 1 is 1.27 bits per heavy atom. The second-order valence-electron chi connectivity index (χ2n) is 4.86. The average Bonchev–Trinajstić information content (AvgIpc) is 2.51. The summed E-state index contributed by atoms with van der Waals surface area (Å²) in [5, 5.41) is 19.0. The number of fused-ring (bicyclic) bond motifs is 1. The monoisotopic (exact) mass is 361 g/mol. The Labute approximate surface area is 135 Å². The number of quaternary nitrogens is 1. The number of hydrogen-bond acceptors (Lipinski definition) is 4. The summed E-state index contributed by atoms with van der Waals surface area (Å²) in [4.78, 5) is 12.5. The van der Waals surface area contributed by atoms with Crippen LogP contribution in [0.5, 0.6) is 5.75 Å². The third-order valence-electron chi connectivity index (χ3n) is 3.34. The summed E-state index contributed by atoms with van der Waals surface area (Å²) in [7, 11) is 0. The third-order valence-corrected chi connectivity index (χ3v) is 3.83. The number of carbonyl (C=O) groups excluding carboxylic acids is 1. The highest BCUT2D eigenvalue weighted by atomic mass is 79.9. The predicted molar refractivity (Wildman–Crippen MR) is 84.2 cm³/mol. The molecular weight excluding hydrogens is 350 g/mol. The molecule has 112 valence electrons. The standard InChI is InChI=1S/C16H12BrNO4/c17-12-4-5-15-14(8-12)16(19)11(9-22-15)6-10-2-1-3-13(7-10)18(20)21/h1-8,18,20H,9H2/b11-6-. The number of nitrogens with one attached hydrogen (secondary N) is 1. The summed E-state index contributed by atoms with van der Waals surface area (Å²) in [6.07, 6.45) is 1.67. The lowest BCUT2D eigenvalue weighted by molar-refractivity contribution is -0.991. The second-order valence-corrected chi connectivity index (χ2v) is 5.77. The molecule has 0 bridgehead atoms. The molecule has 1 heterocycles. The Morgan fingerprint density at radius 3 is 2.86 bits per heavy atom. The van der Waals surface area contributed by atoms with Crippen LogP contribution in [0.15, 0.2) is 52.5 Å². The Bertz CT molecular complexity index is 770. The van der Waals surface area contributed by atoms with E-state index in [1.54, 1.807) is 30.3 Å². The van der Waals surface area contributed by atoms with Gasteiger partial charge in [-0.15, -0.1) is 0 Å². The normalized spacial score (nSPS) is 17.0. The second kappa shape index (κ2) is 6.02. The van der Waals surface area contributed by atoms with Crippen LogP contribution in [0.4, 0.5) is 5.69 Å². The van der Waals surface area contributed by atoms with Gasteiger partial charge in [0.05, 0.1) is 5.56 Å². The SMILES string of the molecule is O=C1/C(=C\c2cccc([NH+]([O-])O)c2)COc2ccc(Br)cc21. The van der Waals surface area contributed by atoms with Crippen molar-refractivity contribution in [3.8, 4) is 5.75 Å². The zero-order valence-corrected chi connectivity index (χ0v) is 13.0. The summed E-state index contributed by atoms with van der Waals surface area (Å²) in [5.74, 6) is 0.452. The summed E-state index contributed by atoms with van der Waals surface area (Å²) < 4.78 is 6.39. The number of benzene rings is 2. The topological polar surface area (TPSA) is 74.0 Å². The lowest BCUT2D eigenvalue weighted by Gasteiger charge is -2.19. The van der Waals surface area contributed by atoms with Crippen LogP contribution < -0.4 is 9.96 Å². The smallest absolute Gasteiger partial charge is 0.196 e. The number of Topliss-reactive ketones (excluding diaryl/α,β-unsaturated/α-hetero) is 1. The van der Waals surface area contributed by atoms with Crippen molar-refractivity contribution in [2.45, 2.75) is 0 Å². The zero-order valence-electron chi connectivity index (χ0n) is 11.4. The van der Waals surface area contributed by atoms with E-state index in [1.165, 1.54) is 12.1 Å². The molecule has 0 saturated carbocycles. The average molecular weight is 362 g/mol. The van der Waals surface area contributed by atoms with Crippen molar-refractivity contribution < 1.29 is 20.0 Å². The van der Waals surface area contributed by atoms with E-state index in [4.69, 9.17) is 9.94 Å². The van der Waals surface area contributed by atoms with E-state index in [2.05, 4.69) is 15.9 Å². The van der Waals surface area contributed by atoms with Crippen molar-refractivity contribution in [2.24, 2.45) is 0 Å². The van der Waals surface area contributed by atoms with Gasteiger partial charge in [0.25, 0.3) is 0 Å². The Kier molecular flexibility index (Phi) is 4.08.